The van der Waals surface area contributed by atoms with Crippen LogP contribution in [0, 0.1) is 6.92 Å². The second kappa shape index (κ2) is 7.24. The molecule has 29 heavy (non-hydrogen) atoms. The highest BCUT2D eigenvalue weighted by Gasteiger charge is 2.54. The molecule has 1 aliphatic heterocycles. The predicted molar refractivity (Wildman–Crippen MR) is 108 cm³/mol. The Kier molecular flexibility index (Phi) is 4.74. The molecule has 2 N–H and O–H groups in total. The van der Waals surface area contributed by atoms with Gasteiger partial charge in [-0.15, -0.1) is 0 Å². The summed E-state index contributed by atoms with van der Waals surface area (Å²) in [5.41, 5.74) is 2.26. The number of anilines is 1. The number of hydrogen-bond donors (Lipinski definition) is 2. The number of nitrogens with one attached hydrogen (secondary N) is 2. The molecule has 7 heteroatoms. The predicted octanol–water partition coefficient (Wildman–Crippen LogP) is 2.73. The zero-order valence-corrected chi connectivity index (χ0v) is 16.5. The molecule has 0 bridgehead atoms. The molecule has 7 nitrogen and oxygen atoms in total. The molecule has 1 aliphatic carbocycles. The summed E-state index contributed by atoms with van der Waals surface area (Å²) in [7, 11) is 1.52. The molecule has 2 aromatic rings. The van der Waals surface area contributed by atoms with Crippen LogP contribution in [-0.4, -0.2) is 36.4 Å². The van der Waals surface area contributed by atoms with Crippen LogP contribution in [-0.2, 0) is 21.5 Å². The fourth-order valence-electron chi connectivity index (χ4n) is 4.21. The van der Waals surface area contributed by atoms with Gasteiger partial charge in [0.15, 0.2) is 0 Å². The van der Waals surface area contributed by atoms with Gasteiger partial charge in [-0.3, -0.25) is 14.5 Å². The van der Waals surface area contributed by atoms with Crippen LogP contribution < -0.4 is 15.4 Å². The Morgan fingerprint density at radius 2 is 2.03 bits per heavy atom. The number of fused-ring (bicyclic) bond motifs is 2. The van der Waals surface area contributed by atoms with E-state index in [2.05, 4.69) is 10.6 Å². The molecule has 150 valence electrons. The van der Waals surface area contributed by atoms with Crippen molar-refractivity contribution in [3.05, 3.63) is 59.2 Å². The van der Waals surface area contributed by atoms with Crippen LogP contribution in [0.4, 0.5) is 10.5 Å². The summed E-state index contributed by atoms with van der Waals surface area (Å²) < 4.78 is 5.27. The van der Waals surface area contributed by atoms with Gasteiger partial charge < -0.3 is 15.4 Å². The van der Waals surface area contributed by atoms with Crippen molar-refractivity contribution >= 4 is 23.5 Å². The summed E-state index contributed by atoms with van der Waals surface area (Å²) in [4.78, 5) is 39.5. The summed E-state index contributed by atoms with van der Waals surface area (Å²) in [6.07, 6.45) is 2.19. The molecule has 2 aliphatic rings. The van der Waals surface area contributed by atoms with E-state index in [0.29, 0.717) is 17.9 Å². The van der Waals surface area contributed by atoms with Gasteiger partial charge in [-0.05, 0) is 55.0 Å². The van der Waals surface area contributed by atoms with Crippen LogP contribution in [0.3, 0.4) is 0 Å². The molecular weight excluding hydrogens is 370 g/mol. The number of aryl methyl sites for hydroxylation is 2. The lowest BCUT2D eigenvalue weighted by Gasteiger charge is -2.33. The van der Waals surface area contributed by atoms with Crippen LogP contribution in [0.1, 0.15) is 29.5 Å². The number of hydrogen-bond acceptors (Lipinski definition) is 4. The molecule has 0 radical (unpaired) electrons. The maximum atomic E-state index is 13.3. The third-order valence-corrected chi connectivity index (χ3v) is 5.58. The van der Waals surface area contributed by atoms with Crippen molar-refractivity contribution in [3.63, 3.8) is 0 Å². The minimum Gasteiger partial charge on any atom is -0.495 e. The van der Waals surface area contributed by atoms with Gasteiger partial charge in [0.1, 0.15) is 17.8 Å². The van der Waals surface area contributed by atoms with E-state index in [0.717, 1.165) is 34.4 Å². The summed E-state index contributed by atoms with van der Waals surface area (Å²) in [6.45, 7) is 1.54. The third-order valence-electron chi connectivity index (χ3n) is 5.58. The van der Waals surface area contributed by atoms with Crippen molar-refractivity contribution in [2.75, 3.05) is 19.0 Å². The molecule has 4 rings (SSSR count). The van der Waals surface area contributed by atoms with Crippen LogP contribution in [0.2, 0.25) is 0 Å². The smallest absolute Gasteiger partial charge is 0.325 e. The minimum absolute atomic E-state index is 0.355. The first-order chi connectivity index (χ1) is 13.9. The second-order valence-electron chi connectivity index (χ2n) is 7.49. The highest BCUT2D eigenvalue weighted by Crippen LogP contribution is 2.39. The molecule has 1 atom stereocenters. The Labute approximate surface area is 169 Å². The maximum absolute atomic E-state index is 13.3. The highest BCUT2D eigenvalue weighted by molar-refractivity contribution is 6.10. The number of rotatable bonds is 4. The monoisotopic (exact) mass is 393 g/mol. The van der Waals surface area contributed by atoms with Crippen molar-refractivity contribution in [3.8, 4) is 5.75 Å². The average Bonchev–Trinajstić information content (AvgIpc) is 2.93. The average molecular weight is 393 g/mol. The maximum Gasteiger partial charge on any atom is 0.325 e. The third kappa shape index (κ3) is 3.22. The standard InChI is InChI=1S/C22H23N3O4/c1-14-9-10-18(29-2)17(12-14)23-19(26)13-25-20(27)22(24-21(25)28)11-5-7-15-6-3-4-8-16(15)22/h3-4,6,8-10,12H,5,7,11,13H2,1-2H3,(H,23,26)(H,24,28)/t22-/m0/s1. The van der Waals surface area contributed by atoms with Gasteiger partial charge in [-0.25, -0.2) is 4.79 Å². The first-order valence-corrected chi connectivity index (χ1v) is 9.61. The van der Waals surface area contributed by atoms with Gasteiger partial charge in [-0.2, -0.15) is 0 Å². The Morgan fingerprint density at radius 3 is 2.83 bits per heavy atom. The Morgan fingerprint density at radius 1 is 1.24 bits per heavy atom. The molecule has 0 unspecified atom stereocenters. The van der Waals surface area contributed by atoms with Crippen molar-refractivity contribution in [1.82, 2.24) is 10.2 Å². The summed E-state index contributed by atoms with van der Waals surface area (Å²) in [5, 5.41) is 5.60. The molecule has 0 aromatic heterocycles. The molecular formula is C22H23N3O4. The summed E-state index contributed by atoms with van der Waals surface area (Å²) >= 11 is 0. The van der Waals surface area contributed by atoms with E-state index in [9.17, 15) is 14.4 Å². The summed E-state index contributed by atoms with van der Waals surface area (Å²) in [5.74, 6) is -0.321. The Hall–Kier alpha value is -3.35. The molecule has 1 fully saturated rings. The van der Waals surface area contributed by atoms with Gasteiger partial charge in [0, 0.05) is 0 Å². The van der Waals surface area contributed by atoms with E-state index in [-0.39, 0.29) is 12.5 Å². The number of carbonyl (C=O) groups is 3. The summed E-state index contributed by atoms with van der Waals surface area (Å²) in [6, 6.07) is 12.5. The Balaban J connectivity index is 1.55. The number of nitrogens with zero attached hydrogens (tertiary/aromatic N) is 1. The fourth-order valence-corrected chi connectivity index (χ4v) is 4.21. The van der Waals surface area contributed by atoms with E-state index in [1.165, 1.54) is 7.11 Å². The van der Waals surface area contributed by atoms with Crippen LogP contribution in [0.25, 0.3) is 0 Å². The van der Waals surface area contributed by atoms with E-state index >= 15 is 0 Å². The number of imide groups is 1. The number of methoxy groups -OCH3 is 1. The van der Waals surface area contributed by atoms with Gasteiger partial charge in [0.05, 0.1) is 12.8 Å². The normalized spacial score (nSPS) is 20.4. The largest absolute Gasteiger partial charge is 0.495 e. The van der Waals surface area contributed by atoms with Crippen molar-refractivity contribution in [2.45, 2.75) is 31.7 Å². The number of carbonyl (C=O) groups excluding carboxylic acids is 3. The highest BCUT2D eigenvalue weighted by atomic mass is 16.5. The molecule has 1 spiro atoms. The van der Waals surface area contributed by atoms with Crippen LogP contribution in [0.5, 0.6) is 5.75 Å². The molecule has 1 heterocycles. The molecule has 0 saturated carbocycles. The first-order valence-electron chi connectivity index (χ1n) is 9.61. The number of ether oxygens (including phenoxy) is 1. The van der Waals surface area contributed by atoms with E-state index < -0.39 is 17.5 Å². The molecule has 1 saturated heterocycles. The van der Waals surface area contributed by atoms with Crippen molar-refractivity contribution in [1.29, 1.82) is 0 Å². The first kappa shape index (κ1) is 19.0. The molecule has 2 aromatic carbocycles. The lowest BCUT2D eigenvalue weighted by atomic mass is 9.76. The minimum atomic E-state index is -1.08. The van der Waals surface area contributed by atoms with Gasteiger partial charge in [-0.1, -0.05) is 30.3 Å². The topological polar surface area (TPSA) is 87.7 Å². The van der Waals surface area contributed by atoms with Crippen LogP contribution in [0.15, 0.2) is 42.5 Å². The number of amides is 4. The zero-order chi connectivity index (χ0) is 20.6. The molecule has 4 amide bonds. The lowest BCUT2D eigenvalue weighted by Crippen LogP contribution is -2.47. The van der Waals surface area contributed by atoms with Crippen LogP contribution >= 0.6 is 0 Å². The van der Waals surface area contributed by atoms with E-state index in [4.69, 9.17) is 4.74 Å². The quantitative estimate of drug-likeness (QED) is 0.782. The Bertz CT molecular complexity index is 1000. The van der Waals surface area contributed by atoms with Gasteiger partial charge in [0.2, 0.25) is 5.91 Å². The fraction of sp³-hybridized carbons (Fsp3) is 0.318. The van der Waals surface area contributed by atoms with Crippen molar-refractivity contribution < 1.29 is 19.1 Å². The van der Waals surface area contributed by atoms with E-state index in [1.54, 1.807) is 12.1 Å². The number of urea groups is 1. The number of benzene rings is 2. The van der Waals surface area contributed by atoms with Crippen molar-refractivity contribution in [2.24, 2.45) is 0 Å². The van der Waals surface area contributed by atoms with E-state index in [1.807, 2.05) is 37.3 Å². The second-order valence-corrected chi connectivity index (χ2v) is 7.49. The SMILES string of the molecule is COc1ccc(C)cc1NC(=O)CN1C(=O)N[C@]2(CCCc3ccccc32)C1=O. The van der Waals surface area contributed by atoms with Gasteiger partial charge in [0.25, 0.3) is 5.91 Å². The lowest BCUT2D eigenvalue weighted by molar-refractivity contribution is -0.134. The zero-order valence-electron chi connectivity index (χ0n) is 16.5. The van der Waals surface area contributed by atoms with Gasteiger partial charge >= 0.3 is 6.03 Å².